The van der Waals surface area contributed by atoms with Crippen molar-refractivity contribution in [3.8, 4) is 11.8 Å². The number of amides is 1. The van der Waals surface area contributed by atoms with Crippen LogP contribution in [0.15, 0.2) is 36.4 Å². The lowest BCUT2D eigenvalue weighted by molar-refractivity contribution is -0.126. The highest BCUT2D eigenvalue weighted by atomic mass is 35.5. The quantitative estimate of drug-likeness (QED) is 0.146. The van der Waals surface area contributed by atoms with E-state index in [4.69, 9.17) is 11.6 Å². The Hall–Kier alpha value is -2.70. The van der Waals surface area contributed by atoms with E-state index in [1.807, 2.05) is 27.0 Å². The first-order valence-corrected chi connectivity index (χ1v) is 17.9. The molecule has 12 heteroatoms. The number of hydrogen-bond acceptors (Lipinski definition) is 6. The number of alkyl halides is 4. The van der Waals surface area contributed by atoms with Gasteiger partial charge in [-0.1, -0.05) is 24.0 Å². The number of benzene rings is 2. The summed E-state index contributed by atoms with van der Waals surface area (Å²) in [5, 5.41) is 10.4. The van der Waals surface area contributed by atoms with Gasteiger partial charge in [0.2, 0.25) is 0 Å². The summed E-state index contributed by atoms with van der Waals surface area (Å²) in [6, 6.07) is 10.2. The standard InChI is InChI=1S/C31H37ClF3N4O2PS/c1-19(2)37-30(40)22-16-20(42(4,5)41)11-12-25(22)36-14-7-10-28-23(17-31(33,34)35)21-8-6-9-27(29(21)43-28)38-26-13-15-39(3)18-24(26)32/h6,8-9,11-12,16,19,24,26,36,38H,13-15,17-18H2,1-5H3,(H,37,40)/t24-,26+/m0/s1. The van der Waals surface area contributed by atoms with Gasteiger partial charge in [-0.25, -0.2) is 0 Å². The summed E-state index contributed by atoms with van der Waals surface area (Å²) in [6.07, 6.45) is -4.67. The first kappa shape index (κ1) is 33.2. The number of carbonyl (C=O) groups excluding carboxylic acids is 1. The fraction of sp³-hybridized carbons (Fsp3) is 0.452. The van der Waals surface area contributed by atoms with E-state index < -0.39 is 19.7 Å². The molecular formula is C31H37ClF3N4O2PS. The molecule has 0 unspecified atom stereocenters. The van der Waals surface area contributed by atoms with Crippen LogP contribution < -0.4 is 21.3 Å². The van der Waals surface area contributed by atoms with Gasteiger partial charge in [0, 0.05) is 29.6 Å². The number of nitrogens with one attached hydrogen (secondary N) is 3. The van der Waals surface area contributed by atoms with Gasteiger partial charge < -0.3 is 25.4 Å². The third kappa shape index (κ3) is 8.69. The zero-order valence-corrected chi connectivity index (χ0v) is 27.3. The Morgan fingerprint density at radius 1 is 1.21 bits per heavy atom. The molecule has 0 spiro atoms. The summed E-state index contributed by atoms with van der Waals surface area (Å²) in [5.41, 5.74) is 1.73. The Kier molecular flexibility index (Phi) is 10.4. The normalized spacial score (nSPS) is 17.9. The average Bonchev–Trinajstić information content (AvgIpc) is 3.23. The van der Waals surface area contributed by atoms with E-state index in [0.717, 1.165) is 25.2 Å². The monoisotopic (exact) mass is 652 g/mol. The number of nitrogens with zero attached hydrogens (tertiary/aromatic N) is 1. The smallest absolute Gasteiger partial charge is 0.380 e. The Morgan fingerprint density at radius 3 is 2.60 bits per heavy atom. The van der Waals surface area contributed by atoms with Crippen molar-refractivity contribution in [2.75, 3.05) is 50.6 Å². The fourth-order valence-corrected chi connectivity index (χ4v) is 7.46. The van der Waals surface area contributed by atoms with Gasteiger partial charge in [-0.3, -0.25) is 4.79 Å². The van der Waals surface area contributed by atoms with Crippen LogP contribution in [0.25, 0.3) is 10.1 Å². The number of thiophene rings is 1. The zero-order chi connectivity index (χ0) is 31.5. The molecule has 4 rings (SSSR count). The number of anilines is 2. The van der Waals surface area contributed by atoms with Crippen LogP contribution in [0.2, 0.25) is 0 Å². The second-order valence-electron chi connectivity index (χ2n) is 11.6. The second-order valence-corrected chi connectivity index (χ2v) is 16.4. The van der Waals surface area contributed by atoms with Crippen LogP contribution >= 0.6 is 30.1 Å². The maximum atomic E-state index is 13.7. The van der Waals surface area contributed by atoms with E-state index in [9.17, 15) is 22.5 Å². The molecule has 0 aliphatic carbocycles. The van der Waals surface area contributed by atoms with Crippen LogP contribution in [0.4, 0.5) is 24.5 Å². The van der Waals surface area contributed by atoms with E-state index in [1.165, 1.54) is 11.3 Å². The molecule has 3 N–H and O–H groups in total. The van der Waals surface area contributed by atoms with Crippen molar-refractivity contribution in [2.24, 2.45) is 0 Å². The van der Waals surface area contributed by atoms with Crippen LogP contribution in [0.3, 0.4) is 0 Å². The van der Waals surface area contributed by atoms with Crippen LogP contribution in [0.5, 0.6) is 0 Å². The third-order valence-corrected chi connectivity index (χ3v) is 10.3. The van der Waals surface area contributed by atoms with Crippen LogP contribution in [-0.4, -0.2) is 74.5 Å². The molecule has 43 heavy (non-hydrogen) atoms. The lowest BCUT2D eigenvalue weighted by Crippen LogP contribution is -2.45. The van der Waals surface area contributed by atoms with Crippen molar-refractivity contribution in [3.05, 3.63) is 52.4 Å². The number of fused-ring (bicyclic) bond motifs is 1. The highest BCUT2D eigenvalue weighted by Gasteiger charge is 2.32. The number of hydrogen-bond donors (Lipinski definition) is 3. The molecule has 1 aromatic heterocycles. The number of likely N-dealkylation sites (tertiary alicyclic amines) is 1. The van der Waals surface area contributed by atoms with E-state index >= 15 is 0 Å². The molecular weight excluding hydrogens is 616 g/mol. The molecule has 232 valence electrons. The van der Waals surface area contributed by atoms with Gasteiger partial charge in [0.05, 0.1) is 39.2 Å². The van der Waals surface area contributed by atoms with E-state index in [-0.39, 0.29) is 35.5 Å². The minimum absolute atomic E-state index is 0.00169. The summed E-state index contributed by atoms with van der Waals surface area (Å²) in [6.45, 7) is 8.65. The molecule has 1 amide bonds. The Labute approximate surface area is 260 Å². The molecule has 1 aliphatic heterocycles. The van der Waals surface area contributed by atoms with Gasteiger partial charge in [0.25, 0.3) is 5.91 Å². The van der Waals surface area contributed by atoms with Crippen molar-refractivity contribution >= 4 is 62.8 Å². The maximum absolute atomic E-state index is 13.7. The van der Waals surface area contributed by atoms with Gasteiger partial charge in [-0.15, -0.1) is 22.9 Å². The van der Waals surface area contributed by atoms with Crippen molar-refractivity contribution < 1.29 is 22.5 Å². The minimum Gasteiger partial charge on any atom is -0.380 e. The highest BCUT2D eigenvalue weighted by Crippen LogP contribution is 2.40. The molecule has 2 heterocycles. The van der Waals surface area contributed by atoms with Gasteiger partial charge in [-0.2, -0.15) is 13.2 Å². The van der Waals surface area contributed by atoms with Gasteiger partial charge in [-0.05, 0) is 82.4 Å². The molecule has 2 aromatic carbocycles. The Morgan fingerprint density at radius 2 is 1.95 bits per heavy atom. The Bertz CT molecular complexity index is 1590. The van der Waals surface area contributed by atoms with Gasteiger partial charge >= 0.3 is 6.18 Å². The van der Waals surface area contributed by atoms with E-state index in [0.29, 0.717) is 31.5 Å². The van der Waals surface area contributed by atoms with Crippen molar-refractivity contribution in [1.82, 2.24) is 10.2 Å². The minimum atomic E-state index is -4.40. The van der Waals surface area contributed by atoms with Gasteiger partial charge in [0.1, 0.15) is 7.14 Å². The predicted octanol–water partition coefficient (Wildman–Crippen LogP) is 6.58. The summed E-state index contributed by atoms with van der Waals surface area (Å²) in [7, 11) is -0.598. The summed E-state index contributed by atoms with van der Waals surface area (Å²) >= 11 is 7.84. The van der Waals surface area contributed by atoms with Crippen LogP contribution in [-0.2, 0) is 11.0 Å². The Balaban J connectivity index is 1.63. The van der Waals surface area contributed by atoms with Crippen molar-refractivity contribution in [3.63, 3.8) is 0 Å². The average molecular weight is 653 g/mol. The van der Waals surface area contributed by atoms with Crippen LogP contribution in [0.1, 0.15) is 41.1 Å². The molecule has 0 radical (unpaired) electrons. The van der Waals surface area contributed by atoms with E-state index in [1.54, 1.807) is 43.7 Å². The molecule has 1 saturated heterocycles. The fourth-order valence-electron chi connectivity index (χ4n) is 4.99. The van der Waals surface area contributed by atoms with Gasteiger partial charge in [0.15, 0.2) is 0 Å². The molecule has 0 bridgehead atoms. The summed E-state index contributed by atoms with van der Waals surface area (Å²) in [4.78, 5) is 15.4. The molecule has 3 aromatic rings. The molecule has 2 atom stereocenters. The molecule has 0 saturated carbocycles. The molecule has 1 aliphatic rings. The summed E-state index contributed by atoms with van der Waals surface area (Å²) < 4.78 is 54.4. The van der Waals surface area contributed by atoms with Crippen LogP contribution in [0, 0.1) is 11.8 Å². The predicted molar refractivity (Wildman–Crippen MR) is 174 cm³/mol. The van der Waals surface area contributed by atoms with E-state index in [2.05, 4.69) is 32.7 Å². The molecule has 6 nitrogen and oxygen atoms in total. The number of halogens is 4. The lowest BCUT2D eigenvalue weighted by Gasteiger charge is -2.34. The largest absolute Gasteiger partial charge is 0.393 e. The zero-order valence-electron chi connectivity index (χ0n) is 24.9. The highest BCUT2D eigenvalue weighted by molar-refractivity contribution is 7.70. The number of piperidine rings is 1. The van der Waals surface area contributed by atoms with Crippen molar-refractivity contribution in [2.45, 2.75) is 50.3 Å². The van der Waals surface area contributed by atoms with Crippen molar-refractivity contribution in [1.29, 1.82) is 0 Å². The maximum Gasteiger partial charge on any atom is 0.393 e. The number of carbonyl (C=O) groups is 1. The first-order chi connectivity index (χ1) is 20.1. The topological polar surface area (TPSA) is 73.5 Å². The number of rotatable bonds is 8. The SMILES string of the molecule is CC(C)NC(=O)c1cc(P(C)(C)=O)ccc1NCC#Cc1sc2c(N[C@@H]3CCN(C)C[C@@H]3Cl)cccc2c1CC(F)(F)F. The molecule has 1 fully saturated rings. The first-order valence-electron chi connectivity index (χ1n) is 14.1. The second kappa shape index (κ2) is 13.5. The lowest BCUT2D eigenvalue weighted by atomic mass is 10.0. The third-order valence-electron chi connectivity index (χ3n) is 7.14. The summed E-state index contributed by atoms with van der Waals surface area (Å²) in [5.74, 6) is 5.59.